The van der Waals surface area contributed by atoms with Gasteiger partial charge in [-0.1, -0.05) is 0 Å². The highest BCUT2D eigenvalue weighted by Gasteiger charge is 2.15. The van der Waals surface area contributed by atoms with Gasteiger partial charge in [0.25, 0.3) is 0 Å². The number of hydrogen-bond acceptors (Lipinski definition) is 5. The number of rotatable bonds is 6. The van der Waals surface area contributed by atoms with Gasteiger partial charge in [0.15, 0.2) is 23.3 Å². The van der Waals surface area contributed by atoms with Crippen LogP contribution in [0, 0.1) is 31.3 Å². The molecule has 0 saturated carbocycles. The van der Waals surface area contributed by atoms with Crippen molar-refractivity contribution in [2.24, 2.45) is 0 Å². The third-order valence-corrected chi connectivity index (χ3v) is 3.88. The van der Waals surface area contributed by atoms with E-state index in [-0.39, 0.29) is 6.54 Å². The number of nitrogens with zero attached hydrogens (tertiary/aromatic N) is 4. The lowest BCUT2D eigenvalue weighted by atomic mass is 10.3. The van der Waals surface area contributed by atoms with E-state index in [1.165, 1.54) is 0 Å². The summed E-state index contributed by atoms with van der Waals surface area (Å²) in [6, 6.07) is 6.30. The van der Waals surface area contributed by atoms with Crippen molar-refractivity contribution in [1.29, 1.82) is 0 Å². The quantitative estimate of drug-likeness (QED) is 0.433. The highest BCUT2D eigenvalue weighted by molar-refractivity contribution is 5.89. The van der Waals surface area contributed by atoms with Crippen LogP contribution >= 0.6 is 0 Å². The van der Waals surface area contributed by atoms with Crippen molar-refractivity contribution in [3.05, 3.63) is 59.2 Å². The Morgan fingerprint density at radius 3 is 2.48 bits per heavy atom. The molecule has 8 nitrogen and oxygen atoms in total. The highest BCUT2D eigenvalue weighted by atomic mass is 19.2. The topological polar surface area (TPSA) is 96.8 Å². The molecule has 2 amide bonds. The second-order valence-electron chi connectivity index (χ2n) is 6.15. The van der Waals surface area contributed by atoms with Crippen LogP contribution in [0.25, 0.3) is 5.82 Å². The molecule has 3 rings (SSSR count). The lowest BCUT2D eigenvalue weighted by molar-refractivity contribution is 0.252. The Balaban J connectivity index is 1.46. The van der Waals surface area contributed by atoms with E-state index in [2.05, 4.69) is 31.2 Å². The number of anilines is 2. The Hall–Kier alpha value is -3.63. The number of benzene rings is 1. The summed E-state index contributed by atoms with van der Waals surface area (Å²) in [6.45, 7) is 4.27. The second-order valence-corrected chi connectivity index (χ2v) is 6.15. The number of aryl methyl sites for hydroxylation is 2. The zero-order valence-electron chi connectivity index (χ0n) is 15.6. The summed E-state index contributed by atoms with van der Waals surface area (Å²) in [5, 5.41) is 20.0. The van der Waals surface area contributed by atoms with Crippen LogP contribution in [-0.4, -0.2) is 39.1 Å². The summed E-state index contributed by atoms with van der Waals surface area (Å²) in [5.74, 6) is -3.37. The normalized spacial score (nSPS) is 10.7. The highest BCUT2D eigenvalue weighted by Crippen LogP contribution is 2.19. The van der Waals surface area contributed by atoms with Gasteiger partial charge in [-0.2, -0.15) is 5.10 Å². The summed E-state index contributed by atoms with van der Waals surface area (Å²) in [4.78, 5) is 11.7. The molecule has 0 spiro atoms. The van der Waals surface area contributed by atoms with Gasteiger partial charge in [-0.05, 0) is 44.2 Å². The van der Waals surface area contributed by atoms with Crippen LogP contribution in [0.1, 0.15) is 11.4 Å². The monoisotopic (exact) mass is 405 g/mol. The molecule has 2 heterocycles. The number of amides is 2. The molecule has 0 unspecified atom stereocenters. The van der Waals surface area contributed by atoms with Gasteiger partial charge < -0.3 is 16.0 Å². The molecule has 29 heavy (non-hydrogen) atoms. The standard InChI is InChI=1S/C18H18F3N7O/c1-10-9-11(2)28(27-10)15-6-5-14(25-26-15)22-7-8-23-18(29)24-13-4-3-12(19)16(20)17(13)21/h3-6,9H,7-8H2,1-2H3,(H,22,25)(H2,23,24,29). The average Bonchev–Trinajstić information content (AvgIpc) is 3.04. The zero-order chi connectivity index (χ0) is 21.0. The molecule has 1 aromatic carbocycles. The number of carbonyl (C=O) groups is 1. The number of urea groups is 1. The fraction of sp³-hybridized carbons (Fsp3) is 0.222. The Morgan fingerprint density at radius 1 is 1.03 bits per heavy atom. The Morgan fingerprint density at radius 2 is 1.83 bits per heavy atom. The molecule has 0 aliphatic heterocycles. The first kappa shape index (κ1) is 20.1. The van der Waals surface area contributed by atoms with Crippen molar-refractivity contribution in [3.8, 4) is 5.82 Å². The first-order chi connectivity index (χ1) is 13.8. The van der Waals surface area contributed by atoms with Crippen LogP contribution in [-0.2, 0) is 0 Å². The van der Waals surface area contributed by atoms with Gasteiger partial charge in [-0.15, -0.1) is 10.2 Å². The van der Waals surface area contributed by atoms with Crippen molar-refractivity contribution in [2.45, 2.75) is 13.8 Å². The predicted octanol–water partition coefficient (Wildman–Crippen LogP) is 2.93. The third-order valence-electron chi connectivity index (χ3n) is 3.88. The van der Waals surface area contributed by atoms with Crippen molar-refractivity contribution >= 4 is 17.5 Å². The molecule has 11 heteroatoms. The van der Waals surface area contributed by atoms with Gasteiger partial charge in [0, 0.05) is 18.8 Å². The minimum Gasteiger partial charge on any atom is -0.367 e. The molecule has 0 aliphatic carbocycles. The summed E-state index contributed by atoms with van der Waals surface area (Å²) < 4.78 is 41.2. The number of halogens is 3. The van der Waals surface area contributed by atoms with E-state index in [1.54, 1.807) is 16.8 Å². The lowest BCUT2D eigenvalue weighted by Gasteiger charge is -2.10. The maximum absolute atomic E-state index is 13.5. The first-order valence-corrected chi connectivity index (χ1v) is 8.64. The molecular weight excluding hydrogens is 387 g/mol. The summed E-state index contributed by atoms with van der Waals surface area (Å²) >= 11 is 0. The van der Waals surface area contributed by atoms with E-state index in [4.69, 9.17) is 0 Å². The van der Waals surface area contributed by atoms with Crippen molar-refractivity contribution in [2.75, 3.05) is 23.7 Å². The minimum atomic E-state index is -1.65. The second kappa shape index (κ2) is 8.59. The molecule has 0 atom stereocenters. The first-order valence-electron chi connectivity index (χ1n) is 8.64. The number of aromatic nitrogens is 4. The van der Waals surface area contributed by atoms with Crippen molar-refractivity contribution in [1.82, 2.24) is 25.3 Å². The Labute approximate surface area is 164 Å². The molecule has 0 aliphatic rings. The van der Waals surface area contributed by atoms with Gasteiger partial charge in [-0.25, -0.2) is 22.6 Å². The van der Waals surface area contributed by atoms with E-state index in [1.807, 2.05) is 19.9 Å². The number of carbonyl (C=O) groups excluding carboxylic acids is 1. The molecular formula is C18H18F3N7O. The molecule has 0 fully saturated rings. The van der Waals surface area contributed by atoms with Gasteiger partial charge in [-0.3, -0.25) is 0 Å². The third kappa shape index (κ3) is 4.81. The summed E-state index contributed by atoms with van der Waals surface area (Å²) in [6.07, 6.45) is 0. The number of hydrogen-bond donors (Lipinski definition) is 3. The van der Waals surface area contributed by atoms with Crippen molar-refractivity contribution < 1.29 is 18.0 Å². The largest absolute Gasteiger partial charge is 0.367 e. The van der Waals surface area contributed by atoms with E-state index in [0.29, 0.717) is 18.2 Å². The molecule has 0 bridgehead atoms. The summed E-state index contributed by atoms with van der Waals surface area (Å²) in [5.41, 5.74) is 1.35. The van der Waals surface area contributed by atoms with E-state index in [0.717, 1.165) is 23.5 Å². The molecule has 0 saturated heterocycles. The van der Waals surface area contributed by atoms with Gasteiger partial charge in [0.2, 0.25) is 0 Å². The van der Waals surface area contributed by atoms with E-state index in [9.17, 15) is 18.0 Å². The fourth-order valence-electron chi connectivity index (χ4n) is 2.55. The smallest absolute Gasteiger partial charge is 0.319 e. The van der Waals surface area contributed by atoms with Crippen LogP contribution in [0.5, 0.6) is 0 Å². The van der Waals surface area contributed by atoms with Gasteiger partial charge in [0.1, 0.15) is 5.82 Å². The Kier molecular flexibility index (Phi) is 5.96. The average molecular weight is 405 g/mol. The van der Waals surface area contributed by atoms with E-state index >= 15 is 0 Å². The maximum atomic E-state index is 13.5. The van der Waals surface area contributed by atoms with Crippen LogP contribution in [0.3, 0.4) is 0 Å². The Bertz CT molecular complexity index is 1020. The molecule has 2 aromatic heterocycles. The van der Waals surface area contributed by atoms with E-state index < -0.39 is 29.2 Å². The minimum absolute atomic E-state index is 0.165. The van der Waals surface area contributed by atoms with Crippen LogP contribution < -0.4 is 16.0 Å². The fourth-order valence-corrected chi connectivity index (χ4v) is 2.55. The molecule has 3 aromatic rings. The van der Waals surface area contributed by atoms with Crippen LogP contribution in [0.2, 0.25) is 0 Å². The maximum Gasteiger partial charge on any atom is 0.319 e. The predicted molar refractivity (Wildman–Crippen MR) is 100 cm³/mol. The van der Waals surface area contributed by atoms with Crippen LogP contribution in [0.4, 0.5) is 29.5 Å². The number of nitrogens with one attached hydrogen (secondary N) is 3. The molecule has 3 N–H and O–H groups in total. The van der Waals surface area contributed by atoms with Crippen molar-refractivity contribution in [3.63, 3.8) is 0 Å². The SMILES string of the molecule is Cc1cc(C)n(-c2ccc(NCCNC(=O)Nc3ccc(F)c(F)c3F)nn2)n1. The van der Waals surface area contributed by atoms with Gasteiger partial charge >= 0.3 is 6.03 Å². The lowest BCUT2D eigenvalue weighted by Crippen LogP contribution is -2.33. The summed E-state index contributed by atoms with van der Waals surface area (Å²) in [7, 11) is 0. The van der Waals surface area contributed by atoms with Crippen LogP contribution in [0.15, 0.2) is 30.3 Å². The molecule has 0 radical (unpaired) electrons. The zero-order valence-corrected chi connectivity index (χ0v) is 15.6. The van der Waals surface area contributed by atoms with Gasteiger partial charge in [0.05, 0.1) is 11.4 Å². The molecule has 152 valence electrons.